The highest BCUT2D eigenvalue weighted by Gasteiger charge is 2.43. The molecule has 3 N–H and O–H groups in total. The molecule has 1 aliphatic rings. The Balaban J connectivity index is 0.900. The first-order valence-electron chi connectivity index (χ1n) is 19.3. The summed E-state index contributed by atoms with van der Waals surface area (Å²) in [6.07, 6.45) is 1.54. The third-order valence-electron chi connectivity index (χ3n) is 10.2. The van der Waals surface area contributed by atoms with Crippen LogP contribution in [0.25, 0.3) is 32.8 Å². The van der Waals surface area contributed by atoms with E-state index < -0.39 is 18.1 Å². The lowest BCUT2D eigenvalue weighted by atomic mass is 9.91. The van der Waals surface area contributed by atoms with Crippen molar-refractivity contribution < 1.29 is 33.8 Å². The fraction of sp³-hybridized carbons (Fsp3) is 0.318. The van der Waals surface area contributed by atoms with Gasteiger partial charge in [-0.05, 0) is 71.9 Å². The van der Waals surface area contributed by atoms with Crippen LogP contribution in [-0.2, 0) is 9.59 Å². The normalized spacial score (nSPS) is 16.3. The number of likely N-dealkylation sites (tertiary alicyclic amines) is 1. The van der Waals surface area contributed by atoms with Crippen LogP contribution in [-0.4, -0.2) is 79.2 Å². The number of phenols is 1. The van der Waals surface area contributed by atoms with Crippen LogP contribution in [0, 0.1) is 12.8 Å². The van der Waals surface area contributed by atoms with Crippen molar-refractivity contribution in [3.63, 3.8) is 0 Å². The number of aliphatic hydroxyl groups excluding tert-OH is 1. The molecule has 6 aromatic rings. The summed E-state index contributed by atoms with van der Waals surface area (Å²) in [5, 5.41) is 36.2. The minimum atomic E-state index is -0.837. The third-order valence-corrected chi connectivity index (χ3v) is 11.2. The number of nitrogens with one attached hydrogen (secondary N) is 1. The molecule has 3 aromatic heterocycles. The monoisotopic (exact) mass is 802 g/mol. The number of β-amino-alcohol motifs (C(OH)–C–C–N with tert-alkyl or cyclic N) is 1. The highest BCUT2D eigenvalue weighted by molar-refractivity contribution is 7.13. The van der Waals surface area contributed by atoms with Crippen molar-refractivity contribution in [1.29, 1.82) is 0 Å². The van der Waals surface area contributed by atoms with Crippen LogP contribution in [0.5, 0.6) is 17.4 Å². The first-order chi connectivity index (χ1) is 28.0. The number of aliphatic hydroxyl groups is 1. The molecule has 0 aliphatic carbocycles. The highest BCUT2D eigenvalue weighted by Crippen LogP contribution is 2.34. The molecule has 1 aliphatic heterocycles. The SMILES string of the molecule is Cc1ncsc1-c1ccc([C@H](C)NC(=O)[C@@H]2C[C@@H](O)CN2C(=O)C(c2cc(OCCCOc3ccc(-c4cnnc(-c5ccccc5O)c4)cc3)no2)C(C)C)cc1. The summed E-state index contributed by atoms with van der Waals surface area (Å²) < 4.78 is 17.4. The molecule has 1 saturated heterocycles. The lowest BCUT2D eigenvalue weighted by Crippen LogP contribution is -2.48. The number of hydrogen-bond acceptors (Lipinski definition) is 12. The van der Waals surface area contributed by atoms with E-state index in [1.54, 1.807) is 41.8 Å². The molecule has 300 valence electrons. The van der Waals surface area contributed by atoms with Crippen LogP contribution < -0.4 is 14.8 Å². The summed E-state index contributed by atoms with van der Waals surface area (Å²) in [6.45, 7) is 8.41. The molecule has 58 heavy (non-hydrogen) atoms. The summed E-state index contributed by atoms with van der Waals surface area (Å²) >= 11 is 1.58. The molecular formula is C44H46N6O7S. The van der Waals surface area contributed by atoms with Gasteiger partial charge >= 0.3 is 0 Å². The van der Waals surface area contributed by atoms with E-state index in [1.807, 2.05) is 93.9 Å². The molecule has 3 aromatic carbocycles. The Morgan fingerprint density at radius 3 is 2.43 bits per heavy atom. The average molecular weight is 803 g/mol. The summed E-state index contributed by atoms with van der Waals surface area (Å²) in [5.74, 6) is -0.169. The van der Waals surface area contributed by atoms with Crippen LogP contribution >= 0.6 is 11.3 Å². The van der Waals surface area contributed by atoms with Gasteiger partial charge in [-0.25, -0.2) is 4.98 Å². The number of phenolic OH excluding ortho intramolecular Hbond substituents is 1. The summed E-state index contributed by atoms with van der Waals surface area (Å²) in [4.78, 5) is 34.6. The van der Waals surface area contributed by atoms with Gasteiger partial charge in [0.05, 0.1) is 53.3 Å². The molecule has 1 unspecified atom stereocenters. The fourth-order valence-electron chi connectivity index (χ4n) is 7.12. The molecule has 4 atom stereocenters. The number of carbonyl (C=O) groups excluding carboxylic acids is 2. The molecule has 7 rings (SSSR count). The Kier molecular flexibility index (Phi) is 12.4. The second-order valence-corrected chi connectivity index (χ2v) is 15.6. The van der Waals surface area contributed by atoms with Crippen LogP contribution in [0.1, 0.15) is 62.6 Å². The number of benzene rings is 3. The first-order valence-corrected chi connectivity index (χ1v) is 20.2. The Morgan fingerprint density at radius 1 is 0.966 bits per heavy atom. The number of amides is 2. The number of aromatic hydroxyl groups is 1. The predicted molar refractivity (Wildman–Crippen MR) is 219 cm³/mol. The number of thiazole rings is 1. The quantitative estimate of drug-likeness (QED) is 0.0886. The number of aromatic nitrogens is 4. The maximum Gasteiger partial charge on any atom is 0.254 e. The van der Waals surface area contributed by atoms with Gasteiger partial charge in [0.25, 0.3) is 5.88 Å². The van der Waals surface area contributed by atoms with E-state index in [0.717, 1.165) is 32.8 Å². The summed E-state index contributed by atoms with van der Waals surface area (Å²) in [7, 11) is 0. The van der Waals surface area contributed by atoms with E-state index in [4.69, 9.17) is 14.0 Å². The maximum absolute atomic E-state index is 14.1. The van der Waals surface area contributed by atoms with Crippen molar-refractivity contribution in [3.05, 3.63) is 114 Å². The molecule has 14 heteroatoms. The minimum Gasteiger partial charge on any atom is -0.507 e. The smallest absolute Gasteiger partial charge is 0.254 e. The van der Waals surface area contributed by atoms with Gasteiger partial charge in [0, 0.05) is 36.6 Å². The lowest BCUT2D eigenvalue weighted by Gasteiger charge is -2.29. The van der Waals surface area contributed by atoms with Gasteiger partial charge in [0.2, 0.25) is 11.8 Å². The Hall–Kier alpha value is -6.12. The van der Waals surface area contributed by atoms with Crippen molar-refractivity contribution in [1.82, 2.24) is 30.6 Å². The van der Waals surface area contributed by atoms with Crippen LogP contribution in [0.15, 0.2) is 101 Å². The second-order valence-electron chi connectivity index (χ2n) is 14.7. The van der Waals surface area contributed by atoms with E-state index >= 15 is 0 Å². The Morgan fingerprint density at radius 2 is 1.71 bits per heavy atom. The van der Waals surface area contributed by atoms with E-state index in [2.05, 4.69) is 25.7 Å². The molecule has 0 radical (unpaired) electrons. The average Bonchev–Trinajstić information content (AvgIpc) is 3.98. The van der Waals surface area contributed by atoms with E-state index in [1.165, 1.54) is 4.90 Å². The molecule has 0 bridgehead atoms. The second kappa shape index (κ2) is 18.0. The van der Waals surface area contributed by atoms with Crippen LogP contribution in [0.4, 0.5) is 0 Å². The van der Waals surface area contributed by atoms with Crippen molar-refractivity contribution in [3.8, 4) is 50.2 Å². The van der Waals surface area contributed by atoms with Gasteiger partial charge in [0.15, 0.2) is 5.76 Å². The van der Waals surface area contributed by atoms with Gasteiger partial charge < -0.3 is 34.4 Å². The molecule has 13 nitrogen and oxygen atoms in total. The van der Waals surface area contributed by atoms with Crippen molar-refractivity contribution in [2.75, 3.05) is 19.8 Å². The summed E-state index contributed by atoms with van der Waals surface area (Å²) in [5.41, 5.74) is 7.76. The van der Waals surface area contributed by atoms with Crippen LogP contribution in [0.3, 0.4) is 0 Å². The van der Waals surface area contributed by atoms with Crippen molar-refractivity contribution in [2.24, 2.45) is 5.92 Å². The van der Waals surface area contributed by atoms with Gasteiger partial charge in [-0.1, -0.05) is 62.4 Å². The number of hydrogen-bond donors (Lipinski definition) is 3. The van der Waals surface area contributed by atoms with Gasteiger partial charge in [-0.3, -0.25) is 9.59 Å². The molecule has 0 spiro atoms. The Bertz CT molecular complexity index is 2330. The Labute approximate surface area is 340 Å². The van der Waals surface area contributed by atoms with E-state index in [9.17, 15) is 19.8 Å². The summed E-state index contributed by atoms with van der Waals surface area (Å²) in [6, 6.07) is 25.0. The zero-order chi connectivity index (χ0) is 40.8. The number of rotatable bonds is 15. The standard InChI is InChI=1S/C44H46N6O7S/c1-26(2)41(44(54)50-24-33(51)21-37(50)43(53)47-27(3)29-10-12-31(13-11-29)42-28(4)45-25-58-42)39-22-40(49-57-39)56-19-7-18-55-34-16-14-30(15-17-34)32-20-36(48-46-23-32)35-8-5-6-9-38(35)52/h5-6,8-17,20,22-23,25-27,33,37,41,51-52H,7,18-19,21,24H2,1-4H3,(H,47,53)/t27-,33+,37-,41?/m0/s1. The zero-order valence-corrected chi connectivity index (χ0v) is 33.6. The number of carbonyl (C=O) groups is 2. The number of ether oxygens (including phenoxy) is 2. The van der Waals surface area contributed by atoms with Crippen molar-refractivity contribution >= 4 is 23.2 Å². The van der Waals surface area contributed by atoms with Crippen LogP contribution in [0.2, 0.25) is 0 Å². The fourth-order valence-corrected chi connectivity index (χ4v) is 7.93. The highest BCUT2D eigenvalue weighted by atomic mass is 32.1. The minimum absolute atomic E-state index is 0.0408. The van der Waals surface area contributed by atoms with Gasteiger partial charge in [-0.15, -0.1) is 11.3 Å². The zero-order valence-electron chi connectivity index (χ0n) is 32.7. The number of aryl methyl sites for hydroxylation is 1. The molecule has 4 heterocycles. The maximum atomic E-state index is 14.1. The third kappa shape index (κ3) is 9.19. The number of para-hydroxylation sites is 1. The molecule has 1 fully saturated rings. The predicted octanol–water partition coefficient (Wildman–Crippen LogP) is 7.36. The molecular weight excluding hydrogens is 757 g/mol. The topological polar surface area (TPSA) is 173 Å². The van der Waals surface area contributed by atoms with Gasteiger partial charge in [0.1, 0.15) is 23.5 Å². The first kappa shape index (κ1) is 40.1. The molecule has 0 saturated carbocycles. The van der Waals surface area contributed by atoms with E-state index in [-0.39, 0.29) is 48.4 Å². The largest absolute Gasteiger partial charge is 0.507 e. The lowest BCUT2D eigenvalue weighted by molar-refractivity contribution is -0.141. The molecule has 2 amide bonds. The van der Waals surface area contributed by atoms with E-state index in [0.29, 0.717) is 42.4 Å². The number of nitrogens with zero attached hydrogens (tertiary/aromatic N) is 5. The van der Waals surface area contributed by atoms with Gasteiger partial charge in [-0.2, -0.15) is 10.2 Å². The van der Waals surface area contributed by atoms with Crippen molar-refractivity contribution in [2.45, 2.75) is 64.6 Å².